The van der Waals surface area contributed by atoms with Crippen LogP contribution in [0.2, 0.25) is 0 Å². The molecule has 208 valence electrons. The lowest BCUT2D eigenvalue weighted by atomic mass is 9.87. The minimum absolute atomic E-state index is 0.0980. The molecule has 0 saturated heterocycles. The summed E-state index contributed by atoms with van der Waals surface area (Å²) in [6.07, 6.45) is 9.99. The number of halogens is 3. The first-order valence-electron chi connectivity index (χ1n) is 13.5. The summed E-state index contributed by atoms with van der Waals surface area (Å²) in [6.45, 7) is 13.5. The highest BCUT2D eigenvalue weighted by atomic mass is 19.4. The maximum Gasteiger partial charge on any atom is 0.417 e. The van der Waals surface area contributed by atoms with Crippen molar-refractivity contribution in [1.82, 2.24) is 4.98 Å². The Balaban J connectivity index is 1.63. The summed E-state index contributed by atoms with van der Waals surface area (Å²) in [5, 5.41) is 0. The Hall–Kier alpha value is -3.54. The van der Waals surface area contributed by atoms with E-state index in [9.17, 15) is 13.2 Å². The Morgan fingerprint density at radius 3 is 2.28 bits per heavy atom. The molecule has 1 atom stereocenters. The van der Waals surface area contributed by atoms with Gasteiger partial charge in [0, 0.05) is 18.2 Å². The summed E-state index contributed by atoms with van der Waals surface area (Å²) in [5.41, 5.74) is 5.08. The maximum absolute atomic E-state index is 12.7. The number of pyridine rings is 1. The highest BCUT2D eigenvalue weighted by Gasteiger charge is 2.30. The first-order valence-corrected chi connectivity index (χ1v) is 13.5. The van der Waals surface area contributed by atoms with Gasteiger partial charge in [-0.1, -0.05) is 74.4 Å². The normalized spacial score (nSPS) is 14.9. The van der Waals surface area contributed by atoms with Crippen LogP contribution in [0.3, 0.4) is 0 Å². The molecule has 1 fully saturated rings. The third kappa shape index (κ3) is 9.31. The minimum Gasteiger partial charge on any atom is -0.489 e. The zero-order valence-electron chi connectivity index (χ0n) is 23.3. The number of rotatable bonds is 13. The van der Waals surface area contributed by atoms with E-state index in [2.05, 4.69) is 63.6 Å². The Morgan fingerprint density at radius 2 is 1.72 bits per heavy atom. The van der Waals surface area contributed by atoms with E-state index >= 15 is 0 Å². The van der Waals surface area contributed by atoms with Crippen molar-refractivity contribution in [2.75, 3.05) is 0 Å². The van der Waals surface area contributed by atoms with Gasteiger partial charge in [0.15, 0.2) is 0 Å². The molecule has 1 aromatic carbocycles. The van der Waals surface area contributed by atoms with Gasteiger partial charge < -0.3 is 9.47 Å². The Bertz CT molecular complexity index is 1230. The van der Waals surface area contributed by atoms with Crippen LogP contribution in [-0.2, 0) is 17.5 Å². The number of hydrogen-bond donors (Lipinski definition) is 0. The van der Waals surface area contributed by atoms with Crippen LogP contribution in [0.15, 0.2) is 102 Å². The maximum atomic E-state index is 12.7. The minimum atomic E-state index is -4.43. The van der Waals surface area contributed by atoms with E-state index in [0.717, 1.165) is 61.3 Å². The van der Waals surface area contributed by atoms with Gasteiger partial charge >= 0.3 is 6.18 Å². The number of nitrogens with zero attached hydrogens (tertiary/aromatic N) is 1. The van der Waals surface area contributed by atoms with Crippen molar-refractivity contribution in [3.8, 4) is 11.6 Å². The number of aromatic nitrogens is 1. The zero-order valence-corrected chi connectivity index (χ0v) is 23.3. The Labute approximate surface area is 230 Å². The lowest BCUT2D eigenvalue weighted by molar-refractivity contribution is -0.137. The average Bonchev–Trinajstić information content (AvgIpc) is 3.75. The largest absolute Gasteiger partial charge is 0.489 e. The van der Waals surface area contributed by atoms with Crippen LogP contribution < -0.4 is 4.74 Å². The van der Waals surface area contributed by atoms with E-state index in [1.807, 2.05) is 12.1 Å². The fraction of sp³-hybridized carbons (Fsp3) is 0.364. The van der Waals surface area contributed by atoms with Crippen LogP contribution in [0.5, 0.6) is 11.6 Å². The van der Waals surface area contributed by atoms with Gasteiger partial charge in [-0.3, -0.25) is 0 Å². The molecule has 2 aromatic rings. The van der Waals surface area contributed by atoms with Crippen molar-refractivity contribution in [3.63, 3.8) is 0 Å². The molecule has 1 heterocycles. The summed E-state index contributed by atoms with van der Waals surface area (Å²) in [7, 11) is 0. The molecule has 3 nitrogen and oxygen atoms in total. The van der Waals surface area contributed by atoms with Crippen LogP contribution in [0.1, 0.15) is 70.9 Å². The van der Waals surface area contributed by atoms with Crippen molar-refractivity contribution in [3.05, 3.63) is 113 Å². The lowest BCUT2D eigenvalue weighted by Crippen LogP contribution is -2.10. The molecule has 0 bridgehead atoms. The lowest BCUT2D eigenvalue weighted by Gasteiger charge is -2.23. The first-order chi connectivity index (χ1) is 18.6. The number of ether oxygens (including phenoxy) is 2. The third-order valence-corrected chi connectivity index (χ3v) is 6.66. The second kappa shape index (κ2) is 14.0. The van der Waals surface area contributed by atoms with Crippen LogP contribution in [0.4, 0.5) is 13.2 Å². The van der Waals surface area contributed by atoms with E-state index in [4.69, 9.17) is 9.47 Å². The quantitative estimate of drug-likeness (QED) is 0.188. The van der Waals surface area contributed by atoms with Gasteiger partial charge in [-0.25, -0.2) is 4.98 Å². The van der Waals surface area contributed by atoms with E-state index in [-0.39, 0.29) is 11.8 Å². The van der Waals surface area contributed by atoms with Crippen LogP contribution >= 0.6 is 0 Å². The topological polar surface area (TPSA) is 31.4 Å². The van der Waals surface area contributed by atoms with Gasteiger partial charge in [0.1, 0.15) is 18.1 Å². The number of allylic oxidation sites excluding steroid dienone is 8. The predicted octanol–water partition coefficient (Wildman–Crippen LogP) is 10.3. The molecule has 3 rings (SSSR count). The van der Waals surface area contributed by atoms with Crippen molar-refractivity contribution >= 4 is 0 Å². The average molecular weight is 538 g/mol. The molecule has 1 saturated carbocycles. The molecule has 6 heteroatoms. The number of benzene rings is 1. The van der Waals surface area contributed by atoms with Crippen molar-refractivity contribution in [2.45, 2.75) is 72.6 Å². The summed E-state index contributed by atoms with van der Waals surface area (Å²) in [5.74, 6) is 1.71. The van der Waals surface area contributed by atoms with Gasteiger partial charge in [-0.15, -0.1) is 0 Å². The molecular formula is C33H38F3NO2. The zero-order chi connectivity index (χ0) is 28.4. The molecule has 1 aromatic heterocycles. The highest BCUT2D eigenvalue weighted by molar-refractivity contribution is 5.40. The molecule has 0 spiro atoms. The van der Waals surface area contributed by atoms with Gasteiger partial charge in [0.2, 0.25) is 5.88 Å². The molecule has 0 N–H and O–H groups in total. The van der Waals surface area contributed by atoms with Gasteiger partial charge in [-0.2, -0.15) is 13.2 Å². The standard InChI is InChI=1S/C33H38F3NO2/c1-6-10-30(24(4)12-9-8-11-23(3)7-2)25(5)32(27-15-16-27)38-22-26-13-18-29(19-14-26)39-31-20-17-28(21-37-31)33(34,35)36/h8-9,11-14,17-21,30H,5-7,10,15-16,22H2,1-4H3/b9-8-,23-11?,24-12+. The van der Waals surface area contributed by atoms with E-state index in [0.29, 0.717) is 12.4 Å². The fourth-order valence-electron chi connectivity index (χ4n) is 4.03. The molecule has 1 unspecified atom stereocenters. The summed E-state index contributed by atoms with van der Waals surface area (Å²) < 4.78 is 50.1. The molecule has 0 aliphatic heterocycles. The van der Waals surface area contributed by atoms with Gasteiger partial charge in [-0.05, 0) is 74.4 Å². The van der Waals surface area contributed by atoms with Gasteiger partial charge in [0.25, 0.3) is 0 Å². The molecule has 1 aliphatic carbocycles. The SMILES string of the molecule is C=C(C(OCc1ccc(Oc2ccc(C(F)(F)F)cn2)cc1)=C1CC1)C(CCC)/C(C)=C/C=C\C=C(C)CC. The Morgan fingerprint density at radius 1 is 1.03 bits per heavy atom. The van der Waals surface area contributed by atoms with E-state index in [1.165, 1.54) is 22.8 Å². The summed E-state index contributed by atoms with van der Waals surface area (Å²) in [4.78, 5) is 3.75. The molecule has 0 radical (unpaired) electrons. The first kappa shape index (κ1) is 30.0. The molecule has 0 amide bonds. The summed E-state index contributed by atoms with van der Waals surface area (Å²) in [6, 6.07) is 9.43. The predicted molar refractivity (Wildman–Crippen MR) is 151 cm³/mol. The smallest absolute Gasteiger partial charge is 0.417 e. The van der Waals surface area contributed by atoms with Crippen molar-refractivity contribution in [1.29, 1.82) is 0 Å². The molecular weight excluding hydrogens is 499 g/mol. The third-order valence-electron chi connectivity index (χ3n) is 6.66. The van der Waals surface area contributed by atoms with Crippen molar-refractivity contribution in [2.24, 2.45) is 5.92 Å². The van der Waals surface area contributed by atoms with Crippen LogP contribution in [-0.4, -0.2) is 4.98 Å². The monoisotopic (exact) mass is 537 g/mol. The van der Waals surface area contributed by atoms with Crippen LogP contribution in [0.25, 0.3) is 0 Å². The molecule has 1 aliphatic rings. The van der Waals surface area contributed by atoms with E-state index < -0.39 is 11.7 Å². The van der Waals surface area contributed by atoms with Crippen LogP contribution in [0, 0.1) is 5.92 Å². The highest BCUT2D eigenvalue weighted by Crippen LogP contribution is 2.40. The second-order valence-electron chi connectivity index (χ2n) is 9.88. The summed E-state index contributed by atoms with van der Waals surface area (Å²) >= 11 is 0. The number of hydrogen-bond acceptors (Lipinski definition) is 3. The second-order valence-corrected chi connectivity index (χ2v) is 9.88. The number of alkyl halides is 3. The Kier molecular flexibility index (Phi) is 10.8. The fourth-order valence-corrected chi connectivity index (χ4v) is 4.03. The molecule has 39 heavy (non-hydrogen) atoms. The van der Waals surface area contributed by atoms with Crippen molar-refractivity contribution < 1.29 is 22.6 Å². The van der Waals surface area contributed by atoms with Gasteiger partial charge in [0.05, 0.1) is 5.56 Å². The van der Waals surface area contributed by atoms with E-state index in [1.54, 1.807) is 12.1 Å².